The lowest BCUT2D eigenvalue weighted by Crippen LogP contribution is -2.26. The molecular formula is C8H10BrNO5S2. The first-order chi connectivity index (χ1) is 7.92. The van der Waals surface area contributed by atoms with E-state index in [1.165, 1.54) is 13.2 Å². The monoisotopic (exact) mass is 343 g/mol. The highest BCUT2D eigenvalue weighted by Gasteiger charge is 2.23. The van der Waals surface area contributed by atoms with Crippen LogP contribution in [0.4, 0.5) is 0 Å². The van der Waals surface area contributed by atoms with Gasteiger partial charge in [0.1, 0.15) is 9.77 Å². The van der Waals surface area contributed by atoms with Crippen molar-refractivity contribution >= 4 is 43.3 Å². The minimum atomic E-state index is -3.73. The number of methoxy groups -OCH3 is 1. The van der Waals surface area contributed by atoms with E-state index in [9.17, 15) is 13.2 Å². The minimum absolute atomic E-state index is 0.0450. The molecule has 0 aliphatic heterocycles. The van der Waals surface area contributed by atoms with E-state index in [4.69, 9.17) is 5.11 Å². The van der Waals surface area contributed by atoms with Crippen LogP contribution in [0.25, 0.3) is 0 Å². The molecule has 0 bridgehead atoms. The molecule has 0 saturated heterocycles. The quantitative estimate of drug-likeness (QED) is 0.762. The number of carbonyl (C=O) groups excluding carboxylic acids is 1. The minimum Gasteiger partial charge on any atom is -0.465 e. The van der Waals surface area contributed by atoms with Crippen molar-refractivity contribution in [2.24, 2.45) is 0 Å². The summed E-state index contributed by atoms with van der Waals surface area (Å²) in [4.78, 5) is 11.4. The topological polar surface area (TPSA) is 92.7 Å². The van der Waals surface area contributed by atoms with Gasteiger partial charge >= 0.3 is 5.97 Å². The molecular weight excluding hydrogens is 334 g/mol. The van der Waals surface area contributed by atoms with Crippen molar-refractivity contribution < 1.29 is 23.1 Å². The molecule has 9 heteroatoms. The first-order valence-electron chi connectivity index (χ1n) is 4.40. The van der Waals surface area contributed by atoms with Gasteiger partial charge in [0.05, 0.1) is 17.5 Å². The Morgan fingerprint density at radius 1 is 1.65 bits per heavy atom. The van der Waals surface area contributed by atoms with E-state index in [1.807, 2.05) is 0 Å². The van der Waals surface area contributed by atoms with Crippen LogP contribution >= 0.6 is 27.3 Å². The van der Waals surface area contributed by atoms with E-state index >= 15 is 0 Å². The normalized spacial score (nSPS) is 11.5. The Morgan fingerprint density at radius 3 is 2.82 bits per heavy atom. The average Bonchev–Trinajstić information content (AvgIpc) is 2.68. The molecule has 1 heterocycles. The summed E-state index contributed by atoms with van der Waals surface area (Å²) in [6, 6.07) is 1.22. The first kappa shape index (κ1) is 14.6. The number of ether oxygens (including phenoxy) is 1. The van der Waals surface area contributed by atoms with Gasteiger partial charge in [-0.05, 0) is 22.0 Å². The number of sulfonamides is 1. The van der Waals surface area contributed by atoms with Crippen LogP contribution < -0.4 is 4.72 Å². The van der Waals surface area contributed by atoms with Gasteiger partial charge in [0.15, 0.2) is 0 Å². The summed E-state index contributed by atoms with van der Waals surface area (Å²) >= 11 is 4.04. The second-order valence-electron chi connectivity index (χ2n) is 2.86. The fourth-order valence-electron chi connectivity index (χ4n) is 0.994. The second kappa shape index (κ2) is 5.91. The van der Waals surface area contributed by atoms with E-state index < -0.39 is 16.0 Å². The number of nitrogens with one attached hydrogen (secondary N) is 1. The van der Waals surface area contributed by atoms with Crippen LogP contribution in [-0.4, -0.2) is 39.8 Å². The molecule has 0 fully saturated rings. The fraction of sp³-hybridized carbons (Fsp3) is 0.375. The van der Waals surface area contributed by atoms with Crippen molar-refractivity contribution in [1.29, 1.82) is 0 Å². The number of thiophene rings is 1. The van der Waals surface area contributed by atoms with Crippen LogP contribution in [0.5, 0.6) is 0 Å². The second-order valence-corrected chi connectivity index (χ2v) is 6.97. The summed E-state index contributed by atoms with van der Waals surface area (Å²) in [5.74, 6) is -0.598. The molecule has 0 atom stereocenters. The van der Waals surface area contributed by atoms with Gasteiger partial charge in [-0.15, -0.1) is 11.3 Å². The van der Waals surface area contributed by atoms with Crippen LogP contribution in [0.3, 0.4) is 0 Å². The van der Waals surface area contributed by atoms with Crippen molar-refractivity contribution in [2.75, 3.05) is 20.3 Å². The maximum absolute atomic E-state index is 11.7. The molecule has 17 heavy (non-hydrogen) atoms. The lowest BCUT2D eigenvalue weighted by molar-refractivity contribution is 0.0606. The van der Waals surface area contributed by atoms with Gasteiger partial charge in [0.2, 0.25) is 10.0 Å². The van der Waals surface area contributed by atoms with Crippen LogP contribution in [0, 0.1) is 0 Å². The van der Waals surface area contributed by atoms with Gasteiger partial charge in [-0.3, -0.25) is 0 Å². The molecule has 96 valence electrons. The highest BCUT2D eigenvalue weighted by atomic mass is 79.9. The Bertz CT molecular complexity index is 510. The van der Waals surface area contributed by atoms with Crippen molar-refractivity contribution in [2.45, 2.75) is 4.90 Å². The molecule has 1 aromatic rings. The number of halogens is 1. The predicted molar refractivity (Wildman–Crippen MR) is 65.6 cm³/mol. The highest BCUT2D eigenvalue weighted by molar-refractivity contribution is 9.11. The molecule has 0 aliphatic carbocycles. The van der Waals surface area contributed by atoms with Gasteiger partial charge in [-0.25, -0.2) is 17.9 Å². The van der Waals surface area contributed by atoms with Crippen LogP contribution in [0.2, 0.25) is 0 Å². The van der Waals surface area contributed by atoms with Gasteiger partial charge in [-0.1, -0.05) is 0 Å². The lowest BCUT2D eigenvalue weighted by atomic mass is 10.5. The Balaban J connectivity index is 3.07. The summed E-state index contributed by atoms with van der Waals surface area (Å²) in [6.45, 7) is -0.386. The van der Waals surface area contributed by atoms with Gasteiger partial charge in [-0.2, -0.15) is 0 Å². The zero-order chi connectivity index (χ0) is 13.1. The zero-order valence-electron chi connectivity index (χ0n) is 8.77. The largest absolute Gasteiger partial charge is 0.465 e. The third kappa shape index (κ3) is 3.49. The van der Waals surface area contributed by atoms with Crippen LogP contribution in [-0.2, 0) is 14.8 Å². The number of aliphatic hydroxyl groups is 1. The highest BCUT2D eigenvalue weighted by Crippen LogP contribution is 2.31. The molecule has 1 rings (SSSR count). The van der Waals surface area contributed by atoms with Gasteiger partial charge < -0.3 is 9.84 Å². The molecule has 2 N–H and O–H groups in total. The van der Waals surface area contributed by atoms with Crippen molar-refractivity contribution in [3.05, 3.63) is 14.7 Å². The van der Waals surface area contributed by atoms with E-state index in [2.05, 4.69) is 25.4 Å². The van der Waals surface area contributed by atoms with Gasteiger partial charge in [0.25, 0.3) is 0 Å². The maximum Gasteiger partial charge on any atom is 0.348 e. The molecule has 0 saturated carbocycles. The number of hydrogen-bond donors (Lipinski definition) is 2. The van der Waals surface area contributed by atoms with E-state index in [0.29, 0.717) is 3.79 Å². The standard InChI is InChI=1S/C8H10BrNO5S2/c1-15-8(12)5-4-6(7(9)16-5)17(13,14)10-2-3-11/h4,10-11H,2-3H2,1H3. The fourth-order valence-corrected chi connectivity index (χ4v) is 4.50. The number of rotatable bonds is 5. The molecule has 0 radical (unpaired) electrons. The van der Waals surface area contributed by atoms with Crippen LogP contribution in [0.1, 0.15) is 9.67 Å². The molecule has 0 spiro atoms. The Labute approximate surface area is 111 Å². The third-order valence-corrected chi connectivity index (χ3v) is 5.43. The maximum atomic E-state index is 11.7. The Morgan fingerprint density at radius 2 is 2.29 bits per heavy atom. The van der Waals surface area contributed by atoms with E-state index in [-0.39, 0.29) is 22.9 Å². The summed E-state index contributed by atoms with van der Waals surface area (Å²) < 4.78 is 30.5. The summed E-state index contributed by atoms with van der Waals surface area (Å²) in [5.41, 5.74) is 0. The van der Waals surface area contributed by atoms with Gasteiger partial charge in [0, 0.05) is 6.54 Å². The lowest BCUT2D eigenvalue weighted by Gasteiger charge is -2.02. The molecule has 0 amide bonds. The average molecular weight is 344 g/mol. The van der Waals surface area contributed by atoms with E-state index in [0.717, 1.165) is 11.3 Å². The predicted octanol–water partition coefficient (Wildman–Crippen LogP) is 0.568. The zero-order valence-corrected chi connectivity index (χ0v) is 12.0. The van der Waals surface area contributed by atoms with Crippen molar-refractivity contribution in [3.63, 3.8) is 0 Å². The summed E-state index contributed by atoms with van der Waals surface area (Å²) in [7, 11) is -2.51. The SMILES string of the molecule is COC(=O)c1cc(S(=O)(=O)NCCO)c(Br)s1. The number of aliphatic hydroxyl groups excluding tert-OH is 1. The smallest absolute Gasteiger partial charge is 0.348 e. The molecule has 0 aliphatic rings. The number of hydrogen-bond acceptors (Lipinski definition) is 6. The summed E-state index contributed by atoms with van der Waals surface area (Å²) in [6.07, 6.45) is 0. The number of esters is 1. The van der Waals surface area contributed by atoms with Crippen molar-refractivity contribution in [1.82, 2.24) is 4.72 Å². The molecule has 1 aromatic heterocycles. The summed E-state index contributed by atoms with van der Waals surface area (Å²) in [5, 5.41) is 8.57. The van der Waals surface area contributed by atoms with Crippen molar-refractivity contribution in [3.8, 4) is 0 Å². The number of carbonyl (C=O) groups is 1. The van der Waals surface area contributed by atoms with Crippen LogP contribution in [0.15, 0.2) is 14.7 Å². The Kier molecular flexibility index (Phi) is 5.07. The first-order valence-corrected chi connectivity index (χ1v) is 7.50. The molecule has 0 aromatic carbocycles. The molecule has 6 nitrogen and oxygen atoms in total. The Hall–Kier alpha value is -0.480. The third-order valence-electron chi connectivity index (χ3n) is 1.74. The van der Waals surface area contributed by atoms with E-state index in [1.54, 1.807) is 0 Å². The molecule has 0 unspecified atom stereocenters.